The molecular formula is C15H24N2O4S2. The second-order valence-electron chi connectivity index (χ2n) is 5.92. The summed E-state index contributed by atoms with van der Waals surface area (Å²) in [6, 6.07) is 6.95. The first-order valence-electron chi connectivity index (χ1n) is 7.65. The van der Waals surface area contributed by atoms with Crippen LogP contribution in [-0.2, 0) is 19.9 Å². The van der Waals surface area contributed by atoms with Crippen LogP contribution < -0.4 is 4.90 Å². The summed E-state index contributed by atoms with van der Waals surface area (Å²) in [6.07, 6.45) is 3.83. The Morgan fingerprint density at radius 2 is 1.65 bits per heavy atom. The van der Waals surface area contributed by atoms with E-state index in [4.69, 9.17) is 0 Å². The van der Waals surface area contributed by atoms with Gasteiger partial charge in [0.05, 0.1) is 16.8 Å². The molecule has 1 aliphatic heterocycles. The number of hydrogen-bond donors (Lipinski definition) is 0. The van der Waals surface area contributed by atoms with E-state index < -0.39 is 19.9 Å². The number of benzene rings is 1. The maximum Gasteiger partial charge on any atom is 0.211 e. The highest BCUT2D eigenvalue weighted by Crippen LogP contribution is 2.29. The number of sulfonamides is 1. The summed E-state index contributed by atoms with van der Waals surface area (Å²) in [5.41, 5.74) is 0.704. The molecule has 1 heterocycles. The van der Waals surface area contributed by atoms with Crippen LogP contribution in [0.3, 0.4) is 0 Å². The summed E-state index contributed by atoms with van der Waals surface area (Å²) < 4.78 is 49.1. The molecule has 8 heteroatoms. The van der Waals surface area contributed by atoms with Crippen LogP contribution in [0.25, 0.3) is 0 Å². The van der Waals surface area contributed by atoms with Crippen LogP contribution in [0.2, 0.25) is 0 Å². The summed E-state index contributed by atoms with van der Waals surface area (Å²) in [4.78, 5) is 2.36. The van der Waals surface area contributed by atoms with Crippen molar-refractivity contribution in [2.75, 3.05) is 37.0 Å². The molecule has 0 radical (unpaired) electrons. The van der Waals surface area contributed by atoms with Gasteiger partial charge in [-0.2, -0.15) is 4.31 Å². The van der Waals surface area contributed by atoms with Crippen molar-refractivity contribution in [2.45, 2.75) is 30.7 Å². The van der Waals surface area contributed by atoms with Crippen molar-refractivity contribution in [3.8, 4) is 0 Å². The topological polar surface area (TPSA) is 74.8 Å². The number of hydrogen-bond acceptors (Lipinski definition) is 5. The van der Waals surface area contributed by atoms with Crippen molar-refractivity contribution in [1.82, 2.24) is 4.31 Å². The fourth-order valence-electron chi connectivity index (χ4n) is 3.19. The van der Waals surface area contributed by atoms with Crippen LogP contribution in [0.15, 0.2) is 29.2 Å². The molecule has 1 aliphatic rings. The first kappa shape index (κ1) is 18.2. The van der Waals surface area contributed by atoms with Gasteiger partial charge in [0.1, 0.15) is 0 Å². The third-order valence-corrected chi connectivity index (χ3v) is 6.77. The largest absolute Gasteiger partial charge is 0.370 e. The van der Waals surface area contributed by atoms with E-state index in [1.807, 2.05) is 24.0 Å². The highest BCUT2D eigenvalue weighted by Gasteiger charge is 2.30. The second-order valence-corrected chi connectivity index (χ2v) is 9.84. The highest BCUT2D eigenvalue weighted by atomic mass is 32.2. The zero-order valence-corrected chi connectivity index (χ0v) is 15.4. The van der Waals surface area contributed by atoms with Crippen molar-refractivity contribution in [1.29, 1.82) is 0 Å². The van der Waals surface area contributed by atoms with Crippen LogP contribution in [-0.4, -0.2) is 59.3 Å². The molecule has 1 aromatic rings. The molecule has 23 heavy (non-hydrogen) atoms. The maximum absolute atomic E-state index is 11.9. The summed E-state index contributed by atoms with van der Waals surface area (Å²) in [7, 11) is -6.50. The molecular weight excluding hydrogens is 336 g/mol. The lowest BCUT2D eigenvalue weighted by molar-refractivity contribution is 0.285. The molecule has 0 saturated carbocycles. The van der Waals surface area contributed by atoms with Crippen molar-refractivity contribution < 1.29 is 16.8 Å². The molecule has 0 bridgehead atoms. The van der Waals surface area contributed by atoms with E-state index in [-0.39, 0.29) is 6.04 Å². The molecule has 0 aliphatic carbocycles. The smallest absolute Gasteiger partial charge is 0.211 e. The molecule has 0 amide bonds. The Kier molecular flexibility index (Phi) is 5.37. The molecule has 0 aromatic heterocycles. The van der Waals surface area contributed by atoms with Gasteiger partial charge in [-0.15, -0.1) is 0 Å². The van der Waals surface area contributed by atoms with Gasteiger partial charge in [-0.05, 0) is 25.0 Å². The molecule has 6 nitrogen and oxygen atoms in total. The van der Waals surface area contributed by atoms with E-state index in [1.54, 1.807) is 12.1 Å². The SMILES string of the molecule is CCN(C1CCN(c2ccccc2S(C)(=O)=O)CC1)S(C)(=O)=O. The highest BCUT2D eigenvalue weighted by molar-refractivity contribution is 7.90. The fourth-order valence-corrected chi connectivity index (χ4v) is 5.31. The first-order valence-corrected chi connectivity index (χ1v) is 11.4. The average molecular weight is 361 g/mol. The summed E-state index contributed by atoms with van der Waals surface area (Å²) in [5, 5.41) is 0. The Hall–Kier alpha value is -1.12. The minimum atomic E-state index is -3.29. The molecule has 0 N–H and O–H groups in total. The lowest BCUT2D eigenvalue weighted by Gasteiger charge is -2.38. The Labute approximate surface area is 139 Å². The fraction of sp³-hybridized carbons (Fsp3) is 0.600. The van der Waals surface area contributed by atoms with E-state index in [0.29, 0.717) is 43.1 Å². The Morgan fingerprint density at radius 3 is 2.13 bits per heavy atom. The quantitative estimate of drug-likeness (QED) is 0.792. The minimum Gasteiger partial charge on any atom is -0.370 e. The predicted octanol–water partition coefficient (Wildman–Crippen LogP) is 1.34. The molecule has 1 fully saturated rings. The Balaban J connectivity index is 2.18. The van der Waals surface area contributed by atoms with E-state index >= 15 is 0 Å². The van der Waals surface area contributed by atoms with Crippen LogP contribution >= 0.6 is 0 Å². The van der Waals surface area contributed by atoms with E-state index in [1.165, 1.54) is 16.8 Å². The summed E-state index contributed by atoms with van der Waals surface area (Å²) in [5.74, 6) is 0. The van der Waals surface area contributed by atoms with Crippen molar-refractivity contribution in [3.63, 3.8) is 0 Å². The maximum atomic E-state index is 11.9. The molecule has 1 saturated heterocycles. The summed E-state index contributed by atoms with van der Waals surface area (Å²) in [6.45, 7) is 3.59. The van der Waals surface area contributed by atoms with Gasteiger partial charge in [0.2, 0.25) is 10.0 Å². The van der Waals surface area contributed by atoms with E-state index in [2.05, 4.69) is 0 Å². The number of anilines is 1. The van der Waals surface area contributed by atoms with Gasteiger partial charge in [-0.25, -0.2) is 16.8 Å². The third-order valence-electron chi connectivity index (χ3n) is 4.21. The molecule has 2 rings (SSSR count). The van der Waals surface area contributed by atoms with Gasteiger partial charge >= 0.3 is 0 Å². The molecule has 0 unspecified atom stereocenters. The average Bonchev–Trinajstić information content (AvgIpc) is 2.46. The normalized spacial score (nSPS) is 17.7. The number of nitrogens with zero attached hydrogens (tertiary/aromatic N) is 2. The molecule has 1 aromatic carbocycles. The zero-order valence-electron chi connectivity index (χ0n) is 13.8. The number of piperidine rings is 1. The number of rotatable bonds is 5. The monoisotopic (exact) mass is 360 g/mol. The van der Waals surface area contributed by atoms with Gasteiger partial charge < -0.3 is 4.90 Å². The van der Waals surface area contributed by atoms with Crippen LogP contribution in [0.5, 0.6) is 0 Å². The Bertz CT molecular complexity index is 751. The molecule has 0 atom stereocenters. The zero-order chi connectivity index (χ0) is 17.3. The van der Waals surface area contributed by atoms with Crippen molar-refractivity contribution in [2.24, 2.45) is 0 Å². The van der Waals surface area contributed by atoms with Gasteiger partial charge in [0.15, 0.2) is 9.84 Å². The molecule has 130 valence electrons. The lowest BCUT2D eigenvalue weighted by Crippen LogP contribution is -2.47. The molecule has 0 spiro atoms. The van der Waals surface area contributed by atoms with Gasteiger partial charge in [0.25, 0.3) is 0 Å². The first-order chi connectivity index (χ1) is 10.6. The van der Waals surface area contributed by atoms with E-state index in [0.717, 1.165) is 0 Å². The number of sulfone groups is 1. The van der Waals surface area contributed by atoms with Crippen LogP contribution in [0, 0.1) is 0 Å². The van der Waals surface area contributed by atoms with Gasteiger partial charge in [-0.1, -0.05) is 19.1 Å². The van der Waals surface area contributed by atoms with Crippen LogP contribution in [0.1, 0.15) is 19.8 Å². The van der Waals surface area contributed by atoms with E-state index in [9.17, 15) is 16.8 Å². The standard InChI is InChI=1S/C15H24N2O4S2/c1-4-17(23(3,20)21)13-9-11-16(12-10-13)14-7-5-6-8-15(14)22(2,18)19/h5-8,13H,4,9-12H2,1-3H3. The number of para-hydroxylation sites is 1. The predicted molar refractivity (Wildman–Crippen MR) is 92.0 cm³/mol. The van der Waals surface area contributed by atoms with Gasteiger partial charge in [-0.3, -0.25) is 0 Å². The third kappa shape index (κ3) is 4.24. The van der Waals surface area contributed by atoms with Crippen molar-refractivity contribution in [3.05, 3.63) is 24.3 Å². The van der Waals surface area contributed by atoms with Gasteiger partial charge in [0, 0.05) is 31.9 Å². The van der Waals surface area contributed by atoms with Crippen LogP contribution in [0.4, 0.5) is 5.69 Å². The summed E-state index contributed by atoms with van der Waals surface area (Å²) >= 11 is 0. The van der Waals surface area contributed by atoms with Crippen molar-refractivity contribution >= 4 is 25.5 Å². The second kappa shape index (κ2) is 6.78. The minimum absolute atomic E-state index is 0.0170. The lowest BCUT2D eigenvalue weighted by atomic mass is 10.0. The Morgan fingerprint density at radius 1 is 1.09 bits per heavy atom.